The van der Waals surface area contributed by atoms with Crippen molar-refractivity contribution in [3.05, 3.63) is 45.9 Å². The van der Waals surface area contributed by atoms with Crippen LogP contribution in [0, 0.1) is 0 Å². The number of hydrogen-bond donors (Lipinski definition) is 2. The third-order valence-electron chi connectivity index (χ3n) is 3.07. The molecule has 24 heavy (non-hydrogen) atoms. The third kappa shape index (κ3) is 5.66. The van der Waals surface area contributed by atoms with Crippen molar-refractivity contribution in [2.75, 3.05) is 6.54 Å². The number of aromatic carboxylic acids is 1. The van der Waals surface area contributed by atoms with Gasteiger partial charge in [-0.05, 0) is 31.5 Å². The van der Waals surface area contributed by atoms with Crippen molar-refractivity contribution in [1.29, 1.82) is 0 Å². The van der Waals surface area contributed by atoms with Gasteiger partial charge in [-0.1, -0.05) is 12.1 Å². The fraction of sp³-hybridized carbons (Fsp3) is 0.353. The van der Waals surface area contributed by atoms with Gasteiger partial charge >= 0.3 is 5.97 Å². The largest absolute Gasteiger partial charge is 0.491 e. The normalized spacial score (nSPS) is 10.6. The van der Waals surface area contributed by atoms with Gasteiger partial charge in [-0.2, -0.15) is 0 Å². The van der Waals surface area contributed by atoms with Gasteiger partial charge in [-0.15, -0.1) is 11.3 Å². The van der Waals surface area contributed by atoms with Gasteiger partial charge in [0.05, 0.1) is 17.5 Å². The van der Waals surface area contributed by atoms with Gasteiger partial charge in [0.15, 0.2) is 5.69 Å². The molecule has 0 aliphatic rings. The van der Waals surface area contributed by atoms with Gasteiger partial charge < -0.3 is 15.2 Å². The van der Waals surface area contributed by atoms with E-state index in [1.807, 2.05) is 38.1 Å². The SMILES string of the molecule is CC(C)Oc1cccc(CC(=O)NCCc2nc(C(=O)O)cs2)c1. The Morgan fingerprint density at radius 2 is 2.17 bits per heavy atom. The molecule has 1 aromatic carbocycles. The highest BCUT2D eigenvalue weighted by molar-refractivity contribution is 7.09. The highest BCUT2D eigenvalue weighted by Crippen LogP contribution is 2.15. The van der Waals surface area contributed by atoms with E-state index in [1.165, 1.54) is 16.7 Å². The molecule has 0 atom stereocenters. The molecule has 2 aromatic rings. The Bertz CT molecular complexity index is 712. The van der Waals surface area contributed by atoms with Crippen LogP contribution in [0.25, 0.3) is 0 Å². The minimum Gasteiger partial charge on any atom is -0.491 e. The maximum absolute atomic E-state index is 12.0. The highest BCUT2D eigenvalue weighted by Gasteiger charge is 2.09. The van der Waals surface area contributed by atoms with Gasteiger partial charge in [-0.25, -0.2) is 9.78 Å². The summed E-state index contributed by atoms with van der Waals surface area (Å²) in [4.78, 5) is 26.7. The van der Waals surface area contributed by atoms with Crippen molar-refractivity contribution in [2.45, 2.75) is 32.8 Å². The first-order valence-electron chi connectivity index (χ1n) is 7.64. The number of carboxylic acid groups (broad SMARTS) is 1. The Hall–Kier alpha value is -2.41. The number of carbonyl (C=O) groups excluding carboxylic acids is 1. The second kappa shape index (κ2) is 8.44. The molecular weight excluding hydrogens is 328 g/mol. The lowest BCUT2D eigenvalue weighted by Crippen LogP contribution is -2.27. The standard InChI is InChI=1S/C17H20N2O4S/c1-11(2)23-13-5-3-4-12(8-13)9-15(20)18-7-6-16-19-14(10-24-16)17(21)22/h3-5,8,10-11H,6-7,9H2,1-2H3,(H,18,20)(H,21,22). The van der Waals surface area contributed by atoms with Crippen molar-refractivity contribution in [3.8, 4) is 5.75 Å². The minimum absolute atomic E-state index is 0.0447. The molecule has 1 heterocycles. The molecule has 0 saturated heterocycles. The molecule has 6 nitrogen and oxygen atoms in total. The number of hydrogen-bond acceptors (Lipinski definition) is 5. The van der Waals surface area contributed by atoms with Gasteiger partial charge in [0, 0.05) is 18.3 Å². The zero-order valence-electron chi connectivity index (χ0n) is 13.6. The van der Waals surface area contributed by atoms with Crippen LogP contribution in [0.5, 0.6) is 5.75 Å². The van der Waals surface area contributed by atoms with Gasteiger partial charge in [0.2, 0.25) is 5.91 Å². The minimum atomic E-state index is -1.04. The van der Waals surface area contributed by atoms with Crippen LogP contribution in [0.15, 0.2) is 29.6 Å². The van der Waals surface area contributed by atoms with E-state index in [-0.39, 0.29) is 24.1 Å². The first-order valence-corrected chi connectivity index (χ1v) is 8.52. The number of thiazole rings is 1. The van der Waals surface area contributed by atoms with E-state index in [1.54, 1.807) is 0 Å². The lowest BCUT2D eigenvalue weighted by atomic mass is 10.1. The Labute approximate surface area is 144 Å². The van der Waals surface area contributed by atoms with Crippen LogP contribution in [-0.2, 0) is 17.6 Å². The van der Waals surface area contributed by atoms with Crippen LogP contribution in [-0.4, -0.2) is 34.6 Å². The summed E-state index contributed by atoms with van der Waals surface area (Å²) >= 11 is 1.28. The lowest BCUT2D eigenvalue weighted by Gasteiger charge is -2.11. The Balaban J connectivity index is 1.79. The summed E-state index contributed by atoms with van der Waals surface area (Å²) in [6, 6.07) is 7.47. The predicted molar refractivity (Wildman–Crippen MR) is 91.7 cm³/mol. The molecule has 7 heteroatoms. The summed E-state index contributed by atoms with van der Waals surface area (Å²) in [6.45, 7) is 4.33. The van der Waals surface area contributed by atoms with Crippen LogP contribution in [0.2, 0.25) is 0 Å². The molecule has 128 valence electrons. The van der Waals surface area contributed by atoms with Crippen LogP contribution in [0.3, 0.4) is 0 Å². The number of carboxylic acids is 1. The zero-order valence-corrected chi connectivity index (χ0v) is 14.4. The van der Waals surface area contributed by atoms with Crippen LogP contribution < -0.4 is 10.1 Å². The molecule has 0 bridgehead atoms. The number of benzene rings is 1. The molecule has 2 rings (SSSR count). The predicted octanol–water partition coefficient (Wildman–Crippen LogP) is 2.53. The average Bonchev–Trinajstić information content (AvgIpc) is 2.96. The number of nitrogens with zero attached hydrogens (tertiary/aromatic N) is 1. The molecule has 0 spiro atoms. The van der Waals surface area contributed by atoms with E-state index < -0.39 is 5.97 Å². The van der Waals surface area contributed by atoms with E-state index in [0.717, 1.165) is 11.3 Å². The summed E-state index contributed by atoms with van der Waals surface area (Å²) < 4.78 is 5.61. The van der Waals surface area contributed by atoms with Gasteiger partial charge in [0.25, 0.3) is 0 Å². The molecule has 1 amide bonds. The quantitative estimate of drug-likeness (QED) is 0.765. The summed E-state index contributed by atoms with van der Waals surface area (Å²) in [5.41, 5.74) is 0.927. The second-order valence-corrected chi connectivity index (χ2v) is 6.47. The van der Waals surface area contributed by atoms with Crippen molar-refractivity contribution in [1.82, 2.24) is 10.3 Å². The first kappa shape index (κ1) is 17.9. The van der Waals surface area contributed by atoms with Crippen molar-refractivity contribution in [3.63, 3.8) is 0 Å². The first-order chi connectivity index (χ1) is 11.4. The summed E-state index contributed by atoms with van der Waals surface area (Å²) in [5, 5.41) is 13.8. The number of amides is 1. The number of rotatable bonds is 8. The van der Waals surface area contributed by atoms with Crippen molar-refractivity contribution in [2.24, 2.45) is 0 Å². The van der Waals surface area contributed by atoms with Crippen LogP contribution in [0.1, 0.15) is 34.9 Å². The maximum atomic E-state index is 12.0. The van der Waals surface area contributed by atoms with E-state index >= 15 is 0 Å². The molecule has 0 aliphatic carbocycles. The maximum Gasteiger partial charge on any atom is 0.355 e. The molecule has 0 saturated carbocycles. The smallest absolute Gasteiger partial charge is 0.355 e. The number of ether oxygens (including phenoxy) is 1. The zero-order chi connectivity index (χ0) is 17.5. The molecule has 0 unspecified atom stereocenters. The van der Waals surface area contributed by atoms with Crippen molar-refractivity contribution < 1.29 is 19.4 Å². The van der Waals surface area contributed by atoms with Gasteiger partial charge in [0.1, 0.15) is 5.75 Å². The fourth-order valence-electron chi connectivity index (χ4n) is 2.08. The molecule has 0 fully saturated rings. The Morgan fingerprint density at radius 3 is 2.83 bits per heavy atom. The van der Waals surface area contributed by atoms with E-state index in [9.17, 15) is 9.59 Å². The Kier molecular flexibility index (Phi) is 6.31. The number of carbonyl (C=O) groups is 2. The van der Waals surface area contributed by atoms with E-state index in [0.29, 0.717) is 18.0 Å². The van der Waals surface area contributed by atoms with E-state index in [2.05, 4.69) is 10.3 Å². The summed E-state index contributed by atoms with van der Waals surface area (Å²) in [5.74, 6) is -0.379. The molecule has 0 aliphatic heterocycles. The molecule has 1 aromatic heterocycles. The molecular formula is C17H20N2O4S. The summed E-state index contributed by atoms with van der Waals surface area (Å²) in [7, 11) is 0. The fourth-order valence-corrected chi connectivity index (χ4v) is 2.85. The van der Waals surface area contributed by atoms with Crippen LogP contribution in [0.4, 0.5) is 0 Å². The third-order valence-corrected chi connectivity index (χ3v) is 3.98. The number of aromatic nitrogens is 1. The van der Waals surface area contributed by atoms with E-state index in [4.69, 9.17) is 9.84 Å². The molecule has 2 N–H and O–H groups in total. The van der Waals surface area contributed by atoms with Gasteiger partial charge in [-0.3, -0.25) is 4.79 Å². The molecule has 0 radical (unpaired) electrons. The Morgan fingerprint density at radius 1 is 1.38 bits per heavy atom. The monoisotopic (exact) mass is 348 g/mol. The summed E-state index contributed by atoms with van der Waals surface area (Å²) in [6.07, 6.45) is 0.872. The average molecular weight is 348 g/mol. The lowest BCUT2D eigenvalue weighted by molar-refractivity contribution is -0.120. The second-order valence-electron chi connectivity index (χ2n) is 5.52. The number of nitrogens with one attached hydrogen (secondary N) is 1. The van der Waals surface area contributed by atoms with Crippen LogP contribution >= 0.6 is 11.3 Å². The topological polar surface area (TPSA) is 88.5 Å². The highest BCUT2D eigenvalue weighted by atomic mass is 32.1. The van der Waals surface area contributed by atoms with Crippen molar-refractivity contribution >= 4 is 23.2 Å².